The van der Waals surface area contributed by atoms with Gasteiger partial charge in [-0.1, -0.05) is 0 Å². The summed E-state index contributed by atoms with van der Waals surface area (Å²) < 4.78 is 3.43. The molecule has 6 aromatic rings. The highest BCUT2D eigenvalue weighted by molar-refractivity contribution is 5.99. The summed E-state index contributed by atoms with van der Waals surface area (Å²) in [6.07, 6.45) is 8.47. The Bertz CT molecular complexity index is 1720. The minimum absolute atomic E-state index is 0.378. The lowest BCUT2D eigenvalue weighted by atomic mass is 10.2. The van der Waals surface area contributed by atoms with Crippen molar-refractivity contribution >= 4 is 28.7 Å². The van der Waals surface area contributed by atoms with Crippen LogP contribution in [0.3, 0.4) is 0 Å². The fourth-order valence-corrected chi connectivity index (χ4v) is 3.92. The summed E-state index contributed by atoms with van der Waals surface area (Å²) in [4.78, 5) is 37.5. The van der Waals surface area contributed by atoms with Crippen molar-refractivity contribution in [3.05, 3.63) is 79.4 Å². The molecule has 0 aliphatic heterocycles. The van der Waals surface area contributed by atoms with Crippen LogP contribution in [-0.4, -0.2) is 50.3 Å². The van der Waals surface area contributed by atoms with Crippen molar-refractivity contribution in [1.82, 2.24) is 44.3 Å². The largest absolute Gasteiger partial charge is 0.324 e. The average Bonchev–Trinajstić information content (AvgIpc) is 3.63. The third-order valence-electron chi connectivity index (χ3n) is 5.73. The Labute approximate surface area is 210 Å². The SMILES string of the molecule is Cc1cn(-c2ncnc3[nH]c(-c4ccc(NC(=O)Nc5cc(-c6ccncc6)nn5C)cc4)nc23)cn1. The zero-order valence-corrected chi connectivity index (χ0v) is 19.9. The number of urea groups is 1. The van der Waals surface area contributed by atoms with Crippen LogP contribution in [0.25, 0.3) is 39.6 Å². The van der Waals surface area contributed by atoms with Crippen molar-refractivity contribution in [1.29, 1.82) is 0 Å². The lowest BCUT2D eigenvalue weighted by Gasteiger charge is -2.08. The third-order valence-corrected chi connectivity index (χ3v) is 5.73. The van der Waals surface area contributed by atoms with Gasteiger partial charge in [0.05, 0.1) is 11.4 Å². The highest BCUT2D eigenvalue weighted by Crippen LogP contribution is 2.24. The molecule has 0 aliphatic carbocycles. The second-order valence-corrected chi connectivity index (χ2v) is 8.33. The maximum absolute atomic E-state index is 12.6. The maximum atomic E-state index is 12.6. The molecule has 5 aromatic heterocycles. The van der Waals surface area contributed by atoms with Crippen molar-refractivity contribution in [3.8, 4) is 28.5 Å². The van der Waals surface area contributed by atoms with E-state index in [-0.39, 0.29) is 6.03 Å². The van der Waals surface area contributed by atoms with E-state index in [1.165, 1.54) is 6.33 Å². The van der Waals surface area contributed by atoms with Crippen molar-refractivity contribution < 1.29 is 4.79 Å². The monoisotopic (exact) mass is 491 g/mol. The number of nitrogens with one attached hydrogen (secondary N) is 3. The predicted octanol–water partition coefficient (Wildman–Crippen LogP) is 3.95. The molecule has 0 saturated heterocycles. The van der Waals surface area contributed by atoms with Crippen LogP contribution in [-0.2, 0) is 7.05 Å². The van der Waals surface area contributed by atoms with Crippen molar-refractivity contribution in [2.24, 2.45) is 7.05 Å². The predicted molar refractivity (Wildman–Crippen MR) is 138 cm³/mol. The molecule has 0 atom stereocenters. The van der Waals surface area contributed by atoms with Crippen molar-refractivity contribution in [2.45, 2.75) is 6.92 Å². The number of hydrogen-bond donors (Lipinski definition) is 3. The minimum atomic E-state index is -0.378. The standard InChI is InChI=1S/C25H21N11O/c1-15-12-36(14-29-15)24-21-23(27-13-28-24)33-22(32-21)17-3-5-18(6-4-17)30-25(37)31-20-11-19(34-35(20)2)16-7-9-26-10-8-16/h3-14H,1-2H3,(H2,30,31,37)(H,27,28,32,33). The van der Waals surface area contributed by atoms with Gasteiger partial charge in [0.25, 0.3) is 0 Å². The lowest BCUT2D eigenvalue weighted by Crippen LogP contribution is -2.20. The molecule has 6 rings (SSSR count). The number of aryl methyl sites for hydroxylation is 2. The topological polar surface area (TPSA) is 144 Å². The Kier molecular flexibility index (Phi) is 5.37. The highest BCUT2D eigenvalue weighted by atomic mass is 16.2. The summed E-state index contributed by atoms with van der Waals surface area (Å²) in [5, 5.41) is 10.1. The molecule has 37 heavy (non-hydrogen) atoms. The van der Waals surface area contributed by atoms with Crippen LogP contribution in [0.2, 0.25) is 0 Å². The van der Waals surface area contributed by atoms with Crippen molar-refractivity contribution in [3.63, 3.8) is 0 Å². The Morgan fingerprint density at radius 3 is 2.54 bits per heavy atom. The Morgan fingerprint density at radius 1 is 0.973 bits per heavy atom. The molecule has 0 bridgehead atoms. The van der Waals surface area contributed by atoms with E-state index in [4.69, 9.17) is 4.98 Å². The number of nitrogens with zero attached hydrogens (tertiary/aromatic N) is 8. The van der Waals surface area contributed by atoms with Gasteiger partial charge in [-0.05, 0) is 43.3 Å². The normalized spacial score (nSPS) is 11.1. The number of pyridine rings is 1. The highest BCUT2D eigenvalue weighted by Gasteiger charge is 2.14. The molecule has 0 spiro atoms. The number of hydrogen-bond acceptors (Lipinski definition) is 7. The number of aromatic amines is 1. The van der Waals surface area contributed by atoms with Gasteiger partial charge in [0, 0.05) is 48.5 Å². The Hall–Kier alpha value is -5.39. The van der Waals surface area contributed by atoms with Crippen LogP contribution in [0.5, 0.6) is 0 Å². The van der Waals surface area contributed by atoms with E-state index in [1.54, 1.807) is 42.6 Å². The molecule has 3 N–H and O–H groups in total. The van der Waals surface area contributed by atoms with Gasteiger partial charge in [0.15, 0.2) is 17.0 Å². The average molecular weight is 492 g/mol. The molecule has 2 amide bonds. The number of benzene rings is 1. The first-order chi connectivity index (χ1) is 18.0. The number of amides is 2. The number of carbonyl (C=O) groups is 1. The van der Waals surface area contributed by atoms with Crippen LogP contribution in [0.4, 0.5) is 16.3 Å². The van der Waals surface area contributed by atoms with Crippen LogP contribution >= 0.6 is 0 Å². The van der Waals surface area contributed by atoms with Gasteiger partial charge in [-0.25, -0.2) is 24.7 Å². The number of carbonyl (C=O) groups excluding carboxylic acids is 1. The minimum Gasteiger partial charge on any atom is -0.322 e. The molecule has 0 fully saturated rings. The zero-order chi connectivity index (χ0) is 25.4. The van der Waals surface area contributed by atoms with E-state index in [0.717, 1.165) is 22.5 Å². The van der Waals surface area contributed by atoms with Gasteiger partial charge < -0.3 is 10.3 Å². The summed E-state index contributed by atoms with van der Waals surface area (Å²) >= 11 is 0. The maximum Gasteiger partial charge on any atom is 0.324 e. The van der Waals surface area contributed by atoms with Gasteiger partial charge in [-0.2, -0.15) is 5.10 Å². The molecule has 5 heterocycles. The van der Waals surface area contributed by atoms with Crippen LogP contribution < -0.4 is 10.6 Å². The molecule has 0 saturated carbocycles. The second kappa shape index (κ2) is 9.00. The fourth-order valence-electron chi connectivity index (χ4n) is 3.92. The second-order valence-electron chi connectivity index (χ2n) is 8.33. The molecule has 12 heteroatoms. The molecule has 0 radical (unpaired) electrons. The zero-order valence-electron chi connectivity index (χ0n) is 19.9. The molecule has 0 unspecified atom stereocenters. The van der Waals surface area contributed by atoms with Gasteiger partial charge in [-0.3, -0.25) is 19.5 Å². The molecule has 12 nitrogen and oxygen atoms in total. The first-order valence-corrected chi connectivity index (χ1v) is 11.4. The van der Waals surface area contributed by atoms with Gasteiger partial charge in [0.2, 0.25) is 0 Å². The first-order valence-electron chi connectivity index (χ1n) is 11.4. The summed E-state index contributed by atoms with van der Waals surface area (Å²) in [5.41, 5.74) is 5.26. The van der Waals surface area contributed by atoms with E-state index >= 15 is 0 Å². The third kappa shape index (κ3) is 4.38. The summed E-state index contributed by atoms with van der Waals surface area (Å²) in [5.74, 6) is 1.85. The molecule has 1 aromatic carbocycles. The van der Waals surface area contributed by atoms with E-state index in [0.29, 0.717) is 34.3 Å². The van der Waals surface area contributed by atoms with Gasteiger partial charge >= 0.3 is 6.03 Å². The quantitative estimate of drug-likeness (QED) is 0.331. The fraction of sp³-hybridized carbons (Fsp3) is 0.0800. The van der Waals surface area contributed by atoms with E-state index < -0.39 is 0 Å². The summed E-state index contributed by atoms with van der Waals surface area (Å²) in [7, 11) is 1.77. The number of aromatic nitrogens is 9. The molecular formula is C25H21N11O. The Morgan fingerprint density at radius 2 is 1.78 bits per heavy atom. The number of H-pyrrole nitrogens is 1. The van der Waals surface area contributed by atoms with E-state index in [1.807, 2.05) is 48.0 Å². The van der Waals surface area contributed by atoms with Crippen molar-refractivity contribution in [2.75, 3.05) is 10.6 Å². The summed E-state index contributed by atoms with van der Waals surface area (Å²) in [6.45, 7) is 1.91. The van der Waals surface area contributed by atoms with Gasteiger partial charge in [0.1, 0.15) is 24.3 Å². The van der Waals surface area contributed by atoms with Crippen LogP contribution in [0.1, 0.15) is 5.69 Å². The number of fused-ring (bicyclic) bond motifs is 1. The number of rotatable bonds is 5. The van der Waals surface area contributed by atoms with Crippen LogP contribution in [0.15, 0.2) is 73.7 Å². The Balaban J connectivity index is 1.17. The van der Waals surface area contributed by atoms with E-state index in [9.17, 15) is 4.79 Å². The smallest absolute Gasteiger partial charge is 0.322 e. The molecular weight excluding hydrogens is 470 g/mol. The molecule has 0 aliphatic rings. The first kappa shape index (κ1) is 22.1. The van der Waals surface area contributed by atoms with E-state index in [2.05, 4.69) is 40.7 Å². The number of imidazole rings is 2. The van der Waals surface area contributed by atoms with Crippen LogP contribution in [0, 0.1) is 6.92 Å². The number of anilines is 2. The summed E-state index contributed by atoms with van der Waals surface area (Å²) in [6, 6.07) is 12.5. The van der Waals surface area contributed by atoms with Gasteiger partial charge in [-0.15, -0.1) is 0 Å². The molecule has 182 valence electrons. The lowest BCUT2D eigenvalue weighted by molar-refractivity contribution is 0.262.